The Balaban J connectivity index is 1.54. The van der Waals surface area contributed by atoms with E-state index in [1.54, 1.807) is 6.07 Å². The van der Waals surface area contributed by atoms with E-state index in [0.29, 0.717) is 11.5 Å². The normalized spacial score (nSPS) is 22.3. The highest BCUT2D eigenvalue weighted by Crippen LogP contribution is 2.14. The predicted molar refractivity (Wildman–Crippen MR) is 79.3 cm³/mol. The number of hydrogen-bond donors (Lipinski definition) is 1. The van der Waals surface area contributed by atoms with Crippen molar-refractivity contribution < 1.29 is 9.53 Å². The molecule has 2 aliphatic rings. The first-order valence-corrected chi connectivity index (χ1v) is 7.81. The monoisotopic (exact) mass is 290 g/mol. The number of rotatable bonds is 4. The van der Waals surface area contributed by atoms with Crippen LogP contribution in [0.1, 0.15) is 42.6 Å². The van der Waals surface area contributed by atoms with E-state index in [4.69, 9.17) is 4.74 Å². The molecule has 0 bridgehead atoms. The summed E-state index contributed by atoms with van der Waals surface area (Å²) in [7, 11) is 0. The van der Waals surface area contributed by atoms with Crippen molar-refractivity contribution in [3.63, 3.8) is 0 Å². The smallest absolute Gasteiger partial charge is 0.274 e. The van der Waals surface area contributed by atoms with Crippen LogP contribution in [0.5, 0.6) is 0 Å². The molecule has 0 spiro atoms. The summed E-state index contributed by atoms with van der Waals surface area (Å²) in [4.78, 5) is 14.1. The van der Waals surface area contributed by atoms with Gasteiger partial charge in [0.25, 0.3) is 5.91 Å². The van der Waals surface area contributed by atoms with Crippen LogP contribution >= 0.6 is 0 Å². The molecular formula is C15H22N4O2. The van der Waals surface area contributed by atoms with Crippen LogP contribution in [0.2, 0.25) is 0 Å². The molecule has 1 atom stereocenters. The van der Waals surface area contributed by atoms with E-state index in [0.717, 1.165) is 51.9 Å². The van der Waals surface area contributed by atoms with Gasteiger partial charge in [-0.25, -0.2) is 0 Å². The van der Waals surface area contributed by atoms with Crippen molar-refractivity contribution in [2.45, 2.75) is 38.2 Å². The topological polar surface area (TPSA) is 67.3 Å². The zero-order valence-electron chi connectivity index (χ0n) is 12.3. The number of aromatic nitrogens is 2. The molecule has 114 valence electrons. The second-order valence-corrected chi connectivity index (χ2v) is 5.67. The van der Waals surface area contributed by atoms with Gasteiger partial charge in [-0.2, -0.15) is 0 Å². The maximum Gasteiger partial charge on any atom is 0.274 e. The van der Waals surface area contributed by atoms with Gasteiger partial charge in [0.05, 0.1) is 6.10 Å². The second-order valence-electron chi connectivity index (χ2n) is 5.67. The number of likely N-dealkylation sites (tertiary alicyclic amines) is 1. The lowest BCUT2D eigenvalue weighted by atomic mass is 10.1. The van der Waals surface area contributed by atoms with Gasteiger partial charge in [-0.3, -0.25) is 4.79 Å². The fraction of sp³-hybridized carbons (Fsp3) is 0.667. The van der Waals surface area contributed by atoms with Crippen molar-refractivity contribution in [2.24, 2.45) is 0 Å². The molecule has 1 unspecified atom stereocenters. The summed E-state index contributed by atoms with van der Waals surface area (Å²) < 4.78 is 5.54. The molecule has 6 nitrogen and oxygen atoms in total. The number of hydrogen-bond acceptors (Lipinski definition) is 5. The van der Waals surface area contributed by atoms with Crippen molar-refractivity contribution in [1.82, 2.24) is 15.1 Å². The fourth-order valence-electron chi connectivity index (χ4n) is 2.82. The molecule has 2 saturated heterocycles. The largest absolute Gasteiger partial charge is 0.376 e. The van der Waals surface area contributed by atoms with Crippen LogP contribution in [0, 0.1) is 0 Å². The fourth-order valence-corrected chi connectivity index (χ4v) is 2.82. The summed E-state index contributed by atoms with van der Waals surface area (Å²) in [5.41, 5.74) is 0.430. The molecule has 0 aliphatic carbocycles. The van der Waals surface area contributed by atoms with Gasteiger partial charge in [0.2, 0.25) is 0 Å². The first-order chi connectivity index (χ1) is 10.3. The summed E-state index contributed by atoms with van der Waals surface area (Å²) in [6.07, 6.45) is 5.86. The number of nitrogens with zero attached hydrogens (tertiary/aromatic N) is 3. The molecule has 0 radical (unpaired) electrons. The van der Waals surface area contributed by atoms with Gasteiger partial charge in [0, 0.05) is 26.2 Å². The molecule has 0 saturated carbocycles. The van der Waals surface area contributed by atoms with E-state index in [1.807, 2.05) is 11.0 Å². The molecule has 1 N–H and O–H groups in total. The van der Waals surface area contributed by atoms with Crippen molar-refractivity contribution >= 4 is 11.7 Å². The van der Waals surface area contributed by atoms with Crippen LogP contribution in [0.4, 0.5) is 5.82 Å². The first-order valence-electron chi connectivity index (χ1n) is 7.81. The van der Waals surface area contributed by atoms with Gasteiger partial charge in [-0.05, 0) is 44.2 Å². The second kappa shape index (κ2) is 6.85. The van der Waals surface area contributed by atoms with Crippen LogP contribution in [0.15, 0.2) is 12.1 Å². The van der Waals surface area contributed by atoms with Crippen LogP contribution < -0.4 is 5.32 Å². The third-order valence-electron chi connectivity index (χ3n) is 4.06. The third-order valence-corrected chi connectivity index (χ3v) is 4.06. The van der Waals surface area contributed by atoms with Gasteiger partial charge in [0.15, 0.2) is 5.69 Å². The molecule has 6 heteroatoms. The van der Waals surface area contributed by atoms with Crippen LogP contribution in [-0.4, -0.2) is 53.3 Å². The lowest BCUT2D eigenvalue weighted by molar-refractivity contribution is 0.0717. The van der Waals surface area contributed by atoms with Gasteiger partial charge in [0.1, 0.15) is 5.82 Å². The van der Waals surface area contributed by atoms with Gasteiger partial charge >= 0.3 is 0 Å². The summed E-state index contributed by atoms with van der Waals surface area (Å²) in [6.45, 7) is 3.26. The molecule has 1 aromatic rings. The van der Waals surface area contributed by atoms with Crippen LogP contribution in [0.25, 0.3) is 0 Å². The number of carbonyl (C=O) groups excluding carboxylic acids is 1. The predicted octanol–water partition coefficient (Wildman–Crippen LogP) is 1.69. The molecule has 1 aromatic heterocycles. The van der Waals surface area contributed by atoms with Crippen molar-refractivity contribution in [2.75, 3.05) is 31.6 Å². The number of ether oxygens (including phenoxy) is 1. The molecular weight excluding hydrogens is 268 g/mol. The Bertz CT molecular complexity index is 465. The molecule has 3 heterocycles. The van der Waals surface area contributed by atoms with Gasteiger partial charge in [-0.15, -0.1) is 10.2 Å². The quantitative estimate of drug-likeness (QED) is 0.914. The summed E-state index contributed by atoms with van der Waals surface area (Å²) in [5.74, 6) is 0.688. The Hall–Kier alpha value is -1.69. The number of anilines is 1. The van der Waals surface area contributed by atoms with Gasteiger partial charge in [-0.1, -0.05) is 0 Å². The standard InChI is InChI=1S/C15H22N4O2/c20-15(19-8-2-1-3-9-19)13-6-7-14(18-17-13)16-11-12-5-4-10-21-12/h6-7,12H,1-5,8-11H2,(H,16,18). The van der Waals surface area contributed by atoms with E-state index < -0.39 is 0 Å². The molecule has 1 amide bonds. The summed E-state index contributed by atoms with van der Waals surface area (Å²) >= 11 is 0. The number of carbonyl (C=O) groups is 1. The minimum Gasteiger partial charge on any atom is -0.376 e. The lowest BCUT2D eigenvalue weighted by Crippen LogP contribution is -2.36. The Morgan fingerprint density at radius 3 is 2.76 bits per heavy atom. The Kier molecular flexibility index (Phi) is 4.65. The van der Waals surface area contributed by atoms with E-state index in [9.17, 15) is 4.79 Å². The summed E-state index contributed by atoms with van der Waals surface area (Å²) in [5, 5.41) is 11.4. The number of piperidine rings is 1. The Morgan fingerprint density at radius 2 is 2.10 bits per heavy atom. The first kappa shape index (κ1) is 14.3. The van der Waals surface area contributed by atoms with E-state index in [1.165, 1.54) is 6.42 Å². The maximum absolute atomic E-state index is 12.3. The summed E-state index contributed by atoms with van der Waals surface area (Å²) in [6, 6.07) is 3.57. The Labute approximate surface area is 124 Å². The number of amides is 1. The minimum absolute atomic E-state index is 0.00660. The highest BCUT2D eigenvalue weighted by molar-refractivity contribution is 5.92. The molecule has 3 rings (SSSR count). The molecule has 0 aromatic carbocycles. The van der Waals surface area contributed by atoms with Crippen molar-refractivity contribution in [3.05, 3.63) is 17.8 Å². The third kappa shape index (κ3) is 3.69. The SMILES string of the molecule is O=C(c1ccc(NCC2CCCO2)nn1)N1CCCCC1. The maximum atomic E-state index is 12.3. The molecule has 21 heavy (non-hydrogen) atoms. The van der Waals surface area contributed by atoms with Crippen molar-refractivity contribution in [1.29, 1.82) is 0 Å². The molecule has 2 aliphatic heterocycles. The highest BCUT2D eigenvalue weighted by atomic mass is 16.5. The van der Waals surface area contributed by atoms with Crippen LogP contribution in [0.3, 0.4) is 0 Å². The average Bonchev–Trinajstić information content (AvgIpc) is 3.07. The minimum atomic E-state index is -0.00660. The van der Waals surface area contributed by atoms with E-state index >= 15 is 0 Å². The number of nitrogens with one attached hydrogen (secondary N) is 1. The van der Waals surface area contributed by atoms with Crippen molar-refractivity contribution in [3.8, 4) is 0 Å². The Morgan fingerprint density at radius 1 is 1.24 bits per heavy atom. The lowest BCUT2D eigenvalue weighted by Gasteiger charge is -2.26. The van der Waals surface area contributed by atoms with E-state index in [2.05, 4.69) is 15.5 Å². The average molecular weight is 290 g/mol. The zero-order valence-corrected chi connectivity index (χ0v) is 12.3. The zero-order chi connectivity index (χ0) is 14.5. The molecule has 2 fully saturated rings. The van der Waals surface area contributed by atoms with Crippen LogP contribution in [-0.2, 0) is 4.74 Å². The highest BCUT2D eigenvalue weighted by Gasteiger charge is 2.20. The van der Waals surface area contributed by atoms with Gasteiger partial charge < -0.3 is 15.0 Å². The van der Waals surface area contributed by atoms with E-state index in [-0.39, 0.29) is 12.0 Å².